The van der Waals surface area contributed by atoms with Crippen LogP contribution in [0.1, 0.15) is 5.69 Å². The number of carbonyl (C=O) groups is 1. The number of nitrogens with zero attached hydrogens (tertiary/aromatic N) is 2. The molecule has 0 spiro atoms. The number of nitrogens with one attached hydrogen (secondary N) is 3. The minimum absolute atomic E-state index is 0.343. The number of urea groups is 1. The van der Waals surface area contributed by atoms with Crippen molar-refractivity contribution < 1.29 is 22.7 Å². The summed E-state index contributed by atoms with van der Waals surface area (Å²) in [5.74, 6) is -0.343. The molecule has 2 amide bonds. The molecule has 7 nitrogen and oxygen atoms in total. The van der Waals surface area contributed by atoms with Crippen LogP contribution in [-0.4, -0.2) is 28.3 Å². The number of hydrazine groups is 1. The second kappa shape index (κ2) is 7.85. The molecule has 0 aliphatic heterocycles. The Balaban J connectivity index is 1.40. The molecule has 10 heteroatoms. The Labute approximate surface area is 152 Å². The van der Waals surface area contributed by atoms with E-state index in [1.54, 1.807) is 0 Å². The lowest BCUT2D eigenvalue weighted by molar-refractivity contribution is -0.274. The SMILES string of the molecule is O=C(NCCc1cn2ccccc2n1)NNc1ccc(OC(F)(F)F)cc1. The van der Waals surface area contributed by atoms with Gasteiger partial charge >= 0.3 is 12.4 Å². The van der Waals surface area contributed by atoms with Crippen LogP contribution in [0, 0.1) is 0 Å². The molecule has 0 saturated carbocycles. The van der Waals surface area contributed by atoms with Crippen molar-refractivity contribution in [2.45, 2.75) is 12.8 Å². The van der Waals surface area contributed by atoms with Crippen molar-refractivity contribution in [2.75, 3.05) is 12.0 Å². The molecule has 0 aliphatic rings. The molecule has 0 unspecified atom stereocenters. The highest BCUT2D eigenvalue weighted by Gasteiger charge is 2.30. The van der Waals surface area contributed by atoms with E-state index in [0.29, 0.717) is 18.7 Å². The maximum Gasteiger partial charge on any atom is 0.573 e. The summed E-state index contributed by atoms with van der Waals surface area (Å²) in [5.41, 5.74) is 7.05. The van der Waals surface area contributed by atoms with E-state index in [9.17, 15) is 18.0 Å². The Hall–Kier alpha value is -3.43. The number of hydrogen-bond donors (Lipinski definition) is 3. The molecule has 0 bridgehead atoms. The van der Waals surface area contributed by atoms with E-state index in [2.05, 4.69) is 25.9 Å². The fourth-order valence-corrected chi connectivity index (χ4v) is 2.32. The van der Waals surface area contributed by atoms with Crippen LogP contribution in [0.3, 0.4) is 0 Å². The van der Waals surface area contributed by atoms with E-state index in [-0.39, 0.29) is 5.75 Å². The van der Waals surface area contributed by atoms with Crippen molar-refractivity contribution in [3.05, 3.63) is 60.6 Å². The third kappa shape index (κ3) is 5.53. The standard InChI is InChI=1S/C17H16F3N5O2/c18-17(19,20)27-14-6-4-12(5-7-14)23-24-16(26)21-9-8-13-11-25-10-2-1-3-15(25)22-13/h1-7,10-11,23H,8-9H2,(H2,21,24,26). The normalized spacial score (nSPS) is 11.2. The molecule has 2 heterocycles. The van der Waals surface area contributed by atoms with Gasteiger partial charge in [-0.05, 0) is 36.4 Å². The third-order valence-corrected chi connectivity index (χ3v) is 3.49. The molecule has 3 aromatic rings. The fourth-order valence-electron chi connectivity index (χ4n) is 2.32. The maximum atomic E-state index is 12.1. The molecule has 0 saturated heterocycles. The number of aromatic nitrogens is 2. The average Bonchev–Trinajstić information content (AvgIpc) is 3.02. The predicted octanol–water partition coefficient (Wildman–Crippen LogP) is 3.10. The van der Waals surface area contributed by atoms with E-state index in [1.807, 2.05) is 35.0 Å². The topological polar surface area (TPSA) is 79.7 Å². The van der Waals surface area contributed by atoms with Crippen LogP contribution in [0.4, 0.5) is 23.7 Å². The summed E-state index contributed by atoms with van der Waals surface area (Å²) < 4.78 is 41.9. The number of hydrogen-bond acceptors (Lipinski definition) is 4. The highest BCUT2D eigenvalue weighted by atomic mass is 19.4. The Morgan fingerprint density at radius 2 is 1.93 bits per heavy atom. The summed E-state index contributed by atoms with van der Waals surface area (Å²) in [4.78, 5) is 16.2. The molecule has 3 N–H and O–H groups in total. The number of imidazole rings is 1. The van der Waals surface area contributed by atoms with Crippen molar-refractivity contribution in [2.24, 2.45) is 0 Å². The summed E-state index contributed by atoms with van der Waals surface area (Å²) in [6.07, 6.45) is -0.411. The van der Waals surface area contributed by atoms with Crippen LogP contribution in [0.15, 0.2) is 54.9 Å². The maximum absolute atomic E-state index is 12.1. The first-order chi connectivity index (χ1) is 12.9. The van der Waals surface area contributed by atoms with Crippen molar-refractivity contribution in [3.63, 3.8) is 0 Å². The highest BCUT2D eigenvalue weighted by Crippen LogP contribution is 2.23. The van der Waals surface area contributed by atoms with Gasteiger partial charge in [0.25, 0.3) is 0 Å². The number of anilines is 1. The number of carbonyl (C=O) groups excluding carboxylic acids is 1. The van der Waals surface area contributed by atoms with Gasteiger partial charge in [-0.25, -0.2) is 9.78 Å². The Morgan fingerprint density at radius 3 is 2.63 bits per heavy atom. The molecule has 3 rings (SSSR count). The van der Waals surface area contributed by atoms with Crippen LogP contribution in [-0.2, 0) is 6.42 Å². The molecule has 0 fully saturated rings. The van der Waals surface area contributed by atoms with Crippen LogP contribution in [0.25, 0.3) is 5.65 Å². The Kier molecular flexibility index (Phi) is 5.34. The van der Waals surface area contributed by atoms with E-state index in [0.717, 1.165) is 23.5 Å². The summed E-state index contributed by atoms with van der Waals surface area (Å²) in [6.45, 7) is 0.371. The quantitative estimate of drug-likeness (QED) is 0.575. The number of amides is 2. The molecular formula is C17H16F3N5O2. The van der Waals surface area contributed by atoms with E-state index in [4.69, 9.17) is 0 Å². The highest BCUT2D eigenvalue weighted by molar-refractivity contribution is 5.75. The first-order valence-corrected chi connectivity index (χ1v) is 7.97. The molecule has 27 heavy (non-hydrogen) atoms. The number of fused-ring (bicyclic) bond motifs is 1. The van der Waals surface area contributed by atoms with Crippen LogP contribution in [0.2, 0.25) is 0 Å². The number of pyridine rings is 1. The van der Waals surface area contributed by atoms with Gasteiger partial charge in [-0.3, -0.25) is 10.9 Å². The minimum atomic E-state index is -4.74. The smallest absolute Gasteiger partial charge is 0.406 e. The first kappa shape index (κ1) is 18.4. The van der Waals surface area contributed by atoms with Crippen LogP contribution in [0.5, 0.6) is 5.75 Å². The lowest BCUT2D eigenvalue weighted by Crippen LogP contribution is -2.39. The van der Waals surface area contributed by atoms with Gasteiger partial charge < -0.3 is 14.5 Å². The zero-order valence-corrected chi connectivity index (χ0v) is 14.0. The summed E-state index contributed by atoms with van der Waals surface area (Å²) in [5, 5.41) is 2.65. The molecule has 2 aromatic heterocycles. The second-order valence-electron chi connectivity index (χ2n) is 5.53. The number of halogens is 3. The Morgan fingerprint density at radius 1 is 1.15 bits per heavy atom. The van der Waals surface area contributed by atoms with Crippen molar-refractivity contribution in [1.82, 2.24) is 20.1 Å². The molecule has 0 atom stereocenters. The van der Waals surface area contributed by atoms with E-state index in [1.165, 1.54) is 12.1 Å². The van der Waals surface area contributed by atoms with Gasteiger partial charge in [0.15, 0.2) is 0 Å². The lowest BCUT2D eigenvalue weighted by atomic mass is 10.3. The van der Waals surface area contributed by atoms with Crippen molar-refractivity contribution in [1.29, 1.82) is 0 Å². The van der Waals surface area contributed by atoms with Crippen molar-refractivity contribution >= 4 is 17.4 Å². The average molecular weight is 379 g/mol. The van der Waals surface area contributed by atoms with Crippen molar-refractivity contribution in [3.8, 4) is 5.75 Å². The molecular weight excluding hydrogens is 363 g/mol. The number of benzene rings is 1. The largest absolute Gasteiger partial charge is 0.573 e. The fraction of sp³-hybridized carbons (Fsp3) is 0.176. The van der Waals surface area contributed by atoms with Gasteiger partial charge in [0, 0.05) is 25.4 Å². The van der Waals surface area contributed by atoms with E-state index >= 15 is 0 Å². The number of ether oxygens (including phenoxy) is 1. The van der Waals surface area contributed by atoms with Crippen LogP contribution >= 0.6 is 0 Å². The molecule has 0 radical (unpaired) electrons. The van der Waals surface area contributed by atoms with Gasteiger partial charge in [0.2, 0.25) is 0 Å². The molecule has 1 aromatic carbocycles. The molecule has 0 aliphatic carbocycles. The number of rotatable bonds is 6. The van der Waals surface area contributed by atoms with E-state index < -0.39 is 12.4 Å². The first-order valence-electron chi connectivity index (χ1n) is 7.97. The van der Waals surface area contributed by atoms with Gasteiger partial charge in [0.05, 0.1) is 11.4 Å². The zero-order chi connectivity index (χ0) is 19.3. The lowest BCUT2D eigenvalue weighted by Gasteiger charge is -2.11. The van der Waals surface area contributed by atoms with Gasteiger partial charge in [0.1, 0.15) is 11.4 Å². The summed E-state index contributed by atoms with van der Waals surface area (Å²) in [7, 11) is 0. The third-order valence-electron chi connectivity index (χ3n) is 3.49. The predicted molar refractivity (Wildman–Crippen MR) is 92.2 cm³/mol. The van der Waals surface area contributed by atoms with Crippen LogP contribution < -0.4 is 20.9 Å². The van der Waals surface area contributed by atoms with Gasteiger partial charge in [-0.2, -0.15) is 0 Å². The minimum Gasteiger partial charge on any atom is -0.406 e. The second-order valence-corrected chi connectivity index (χ2v) is 5.53. The summed E-state index contributed by atoms with van der Waals surface area (Å²) >= 11 is 0. The van der Waals surface area contributed by atoms with Gasteiger partial charge in [-0.1, -0.05) is 6.07 Å². The molecule has 142 valence electrons. The number of alkyl halides is 3. The van der Waals surface area contributed by atoms with Gasteiger partial charge in [-0.15, -0.1) is 13.2 Å². The summed E-state index contributed by atoms with van der Waals surface area (Å²) in [6, 6.07) is 10.2. The Bertz CT molecular complexity index is 876. The zero-order valence-electron chi connectivity index (χ0n) is 14.0. The monoisotopic (exact) mass is 379 g/mol.